The lowest BCUT2D eigenvalue weighted by Gasteiger charge is -2.05. The number of carbonyl (C=O) groups excluding carboxylic acids is 1. The van der Waals surface area contributed by atoms with Crippen LogP contribution in [-0.4, -0.2) is 27.5 Å². The second kappa shape index (κ2) is 5.66. The third-order valence-electron chi connectivity index (χ3n) is 3.23. The normalized spacial score (nSPS) is 10.4. The number of fused-ring (bicyclic) bond motifs is 1. The fraction of sp³-hybridized carbons (Fsp3) is 0.125. The highest BCUT2D eigenvalue weighted by atomic mass is 16.5. The van der Waals surface area contributed by atoms with Crippen molar-refractivity contribution in [2.75, 3.05) is 6.61 Å². The number of ether oxygens (including phenoxy) is 1. The second-order valence-electron chi connectivity index (χ2n) is 4.56. The number of aromatic amines is 1. The lowest BCUT2D eigenvalue weighted by atomic mass is 10.0. The monoisotopic (exact) mass is 292 g/mol. The Bertz CT molecular complexity index is 893. The lowest BCUT2D eigenvalue weighted by molar-refractivity contribution is 0.0528. The van der Waals surface area contributed by atoms with E-state index in [2.05, 4.69) is 21.0 Å². The number of H-pyrrole nitrogens is 1. The maximum atomic E-state index is 12.1. The Kier molecular flexibility index (Phi) is 3.54. The molecule has 0 bridgehead atoms. The van der Waals surface area contributed by atoms with E-state index in [9.17, 15) is 4.79 Å². The van der Waals surface area contributed by atoms with Gasteiger partial charge in [-0.2, -0.15) is 5.26 Å². The Morgan fingerprint density at radius 2 is 2.27 bits per heavy atom. The fourth-order valence-electron chi connectivity index (χ4n) is 2.29. The molecular weight excluding hydrogens is 280 g/mol. The van der Waals surface area contributed by atoms with Crippen LogP contribution in [0.5, 0.6) is 0 Å². The first-order chi connectivity index (χ1) is 10.7. The Balaban J connectivity index is 2.23. The van der Waals surface area contributed by atoms with Crippen LogP contribution in [0.1, 0.15) is 22.8 Å². The summed E-state index contributed by atoms with van der Waals surface area (Å²) in [7, 11) is 0. The molecule has 0 aliphatic heterocycles. The molecule has 6 nitrogen and oxygen atoms in total. The molecule has 0 fully saturated rings. The van der Waals surface area contributed by atoms with Crippen molar-refractivity contribution in [3.05, 3.63) is 47.9 Å². The maximum absolute atomic E-state index is 12.1. The predicted molar refractivity (Wildman–Crippen MR) is 80.0 cm³/mol. The van der Waals surface area contributed by atoms with E-state index in [4.69, 9.17) is 10.00 Å². The number of carbonyl (C=O) groups is 1. The number of nitrogens with one attached hydrogen (secondary N) is 1. The van der Waals surface area contributed by atoms with Crippen molar-refractivity contribution >= 4 is 17.0 Å². The lowest BCUT2D eigenvalue weighted by Crippen LogP contribution is -2.04. The minimum atomic E-state index is -0.429. The molecule has 0 aliphatic rings. The van der Waals surface area contributed by atoms with E-state index < -0.39 is 5.97 Å². The number of hydrogen-bond acceptors (Lipinski definition) is 5. The zero-order valence-corrected chi connectivity index (χ0v) is 11.8. The number of aromatic nitrogens is 3. The van der Waals surface area contributed by atoms with Crippen LogP contribution in [0, 0.1) is 11.3 Å². The van der Waals surface area contributed by atoms with E-state index >= 15 is 0 Å². The minimum Gasteiger partial charge on any atom is -0.462 e. The summed E-state index contributed by atoms with van der Waals surface area (Å²) in [5, 5.41) is 9.63. The standard InChI is InChI=1S/C16H12N4O2/c1-2-22-16(21)12-8-18-15-13(12)14(19-9-20-15)11-5-3-4-10(6-11)7-17/h3-6,8-9H,2H2,1H3,(H,18,19,20). The molecular formula is C16H12N4O2. The molecule has 0 amide bonds. The van der Waals surface area contributed by atoms with Gasteiger partial charge in [0.1, 0.15) is 12.0 Å². The van der Waals surface area contributed by atoms with Gasteiger partial charge >= 0.3 is 5.97 Å². The minimum absolute atomic E-state index is 0.290. The summed E-state index contributed by atoms with van der Waals surface area (Å²) in [4.78, 5) is 23.4. The molecule has 6 heteroatoms. The van der Waals surface area contributed by atoms with Crippen molar-refractivity contribution in [2.24, 2.45) is 0 Å². The molecule has 22 heavy (non-hydrogen) atoms. The highest BCUT2D eigenvalue weighted by molar-refractivity contribution is 6.08. The highest BCUT2D eigenvalue weighted by Gasteiger charge is 2.18. The van der Waals surface area contributed by atoms with Gasteiger partial charge in [-0.15, -0.1) is 0 Å². The average Bonchev–Trinajstić information content (AvgIpc) is 2.99. The molecule has 1 N–H and O–H groups in total. The summed E-state index contributed by atoms with van der Waals surface area (Å²) < 4.78 is 5.06. The van der Waals surface area contributed by atoms with Crippen molar-refractivity contribution in [1.29, 1.82) is 5.26 Å². The predicted octanol–water partition coefficient (Wildman–Crippen LogP) is 2.67. The van der Waals surface area contributed by atoms with Crippen LogP contribution < -0.4 is 0 Å². The number of benzene rings is 1. The summed E-state index contributed by atoms with van der Waals surface area (Å²) in [5.41, 5.74) is 2.80. The molecule has 3 aromatic rings. The Labute approximate surface area is 126 Å². The number of nitriles is 1. The van der Waals surface area contributed by atoms with E-state index in [1.807, 2.05) is 6.07 Å². The van der Waals surface area contributed by atoms with Gasteiger partial charge in [-0.25, -0.2) is 14.8 Å². The van der Waals surface area contributed by atoms with Gasteiger partial charge < -0.3 is 9.72 Å². The van der Waals surface area contributed by atoms with Crippen molar-refractivity contribution in [2.45, 2.75) is 6.92 Å². The molecule has 0 saturated heterocycles. The van der Waals surface area contributed by atoms with Gasteiger partial charge in [0, 0.05) is 11.8 Å². The van der Waals surface area contributed by atoms with E-state index in [0.29, 0.717) is 34.5 Å². The summed E-state index contributed by atoms with van der Waals surface area (Å²) in [6.45, 7) is 2.04. The topological polar surface area (TPSA) is 91.7 Å². The number of nitrogens with zero attached hydrogens (tertiary/aromatic N) is 3. The van der Waals surface area contributed by atoms with Gasteiger partial charge in [0.05, 0.1) is 34.9 Å². The van der Waals surface area contributed by atoms with Crippen LogP contribution in [0.3, 0.4) is 0 Å². The van der Waals surface area contributed by atoms with E-state index in [1.165, 1.54) is 6.33 Å². The molecule has 3 rings (SSSR count). The summed E-state index contributed by atoms with van der Waals surface area (Å²) in [6, 6.07) is 9.15. The third kappa shape index (κ3) is 2.29. The van der Waals surface area contributed by atoms with Gasteiger partial charge in [-0.05, 0) is 19.1 Å². The summed E-state index contributed by atoms with van der Waals surface area (Å²) in [5.74, 6) is -0.429. The van der Waals surface area contributed by atoms with Crippen molar-refractivity contribution in [3.63, 3.8) is 0 Å². The van der Waals surface area contributed by atoms with Crippen LogP contribution >= 0.6 is 0 Å². The Morgan fingerprint density at radius 3 is 3.05 bits per heavy atom. The fourth-order valence-corrected chi connectivity index (χ4v) is 2.29. The molecule has 108 valence electrons. The second-order valence-corrected chi connectivity index (χ2v) is 4.56. The van der Waals surface area contributed by atoms with Gasteiger partial charge in [0.15, 0.2) is 0 Å². The first-order valence-corrected chi connectivity index (χ1v) is 6.74. The van der Waals surface area contributed by atoms with Crippen molar-refractivity contribution < 1.29 is 9.53 Å². The molecule has 0 atom stereocenters. The molecule has 0 radical (unpaired) electrons. The Hall–Kier alpha value is -3.20. The SMILES string of the molecule is CCOC(=O)c1c[nH]c2ncnc(-c3cccc(C#N)c3)c12. The smallest absolute Gasteiger partial charge is 0.340 e. The van der Waals surface area contributed by atoms with Crippen LogP contribution in [0.2, 0.25) is 0 Å². The van der Waals surface area contributed by atoms with Gasteiger partial charge in [0.25, 0.3) is 0 Å². The summed E-state index contributed by atoms with van der Waals surface area (Å²) >= 11 is 0. The zero-order chi connectivity index (χ0) is 15.5. The van der Waals surface area contributed by atoms with Crippen LogP contribution in [-0.2, 0) is 4.74 Å². The number of esters is 1. The molecule has 0 spiro atoms. The number of rotatable bonds is 3. The van der Waals surface area contributed by atoms with Crippen molar-refractivity contribution in [3.8, 4) is 17.3 Å². The zero-order valence-electron chi connectivity index (χ0n) is 11.8. The van der Waals surface area contributed by atoms with Crippen molar-refractivity contribution in [1.82, 2.24) is 15.0 Å². The molecule has 0 unspecified atom stereocenters. The average molecular weight is 292 g/mol. The first kappa shape index (κ1) is 13.8. The Morgan fingerprint density at radius 1 is 1.41 bits per heavy atom. The molecule has 0 saturated carbocycles. The quantitative estimate of drug-likeness (QED) is 0.749. The van der Waals surface area contributed by atoms with Gasteiger partial charge in [0.2, 0.25) is 0 Å². The third-order valence-corrected chi connectivity index (χ3v) is 3.23. The molecule has 0 aliphatic carbocycles. The highest BCUT2D eigenvalue weighted by Crippen LogP contribution is 2.28. The summed E-state index contributed by atoms with van der Waals surface area (Å²) in [6.07, 6.45) is 2.98. The van der Waals surface area contributed by atoms with E-state index in [1.54, 1.807) is 31.3 Å². The van der Waals surface area contributed by atoms with Gasteiger partial charge in [-0.1, -0.05) is 12.1 Å². The maximum Gasteiger partial charge on any atom is 0.340 e. The molecule has 1 aromatic carbocycles. The molecule has 2 heterocycles. The van der Waals surface area contributed by atoms with Crippen LogP contribution in [0.25, 0.3) is 22.3 Å². The van der Waals surface area contributed by atoms with Gasteiger partial charge in [-0.3, -0.25) is 0 Å². The van der Waals surface area contributed by atoms with Crippen LogP contribution in [0.15, 0.2) is 36.8 Å². The number of hydrogen-bond donors (Lipinski definition) is 1. The van der Waals surface area contributed by atoms with Crippen LogP contribution in [0.4, 0.5) is 0 Å². The molecule has 2 aromatic heterocycles. The van der Waals surface area contributed by atoms with E-state index in [-0.39, 0.29) is 0 Å². The largest absolute Gasteiger partial charge is 0.462 e. The van der Waals surface area contributed by atoms with E-state index in [0.717, 1.165) is 5.56 Å². The first-order valence-electron chi connectivity index (χ1n) is 6.74.